The minimum Gasteiger partial charge on any atom is -0.104 e. The highest BCUT2D eigenvalue weighted by Crippen LogP contribution is 2.38. The van der Waals surface area contributed by atoms with Gasteiger partial charge in [-0.15, -0.1) is 23.2 Å². The van der Waals surface area contributed by atoms with E-state index in [0.717, 1.165) is 0 Å². The molecule has 12 heavy (non-hydrogen) atoms. The Morgan fingerprint density at radius 2 is 1.42 bits per heavy atom. The summed E-state index contributed by atoms with van der Waals surface area (Å²) in [6, 6.07) is 0. The first kappa shape index (κ1) is 13.3. The molecule has 0 aliphatic rings. The van der Waals surface area contributed by atoms with Crippen LogP contribution in [-0.2, 0) is 0 Å². The predicted molar refractivity (Wildman–Crippen MR) is 64.4 cm³/mol. The van der Waals surface area contributed by atoms with E-state index < -0.39 is 0 Å². The smallest absolute Gasteiger partial charge is 0.104 e. The van der Waals surface area contributed by atoms with Gasteiger partial charge in [0.05, 0.1) is 0 Å². The van der Waals surface area contributed by atoms with Crippen molar-refractivity contribution >= 4 is 44.8 Å². The molecule has 0 saturated heterocycles. The molecule has 0 aliphatic carbocycles. The van der Waals surface area contributed by atoms with E-state index in [1.807, 2.05) is 10.8 Å². The summed E-state index contributed by atoms with van der Waals surface area (Å²) in [6.07, 6.45) is 0. The highest BCUT2D eigenvalue weighted by atomic mass is 35.5. The van der Waals surface area contributed by atoms with Crippen molar-refractivity contribution in [1.82, 2.24) is 0 Å². The van der Waals surface area contributed by atoms with Crippen molar-refractivity contribution in [2.24, 2.45) is 5.92 Å². The Morgan fingerprint density at radius 1 is 0.917 bits per heavy atom. The van der Waals surface area contributed by atoms with Crippen molar-refractivity contribution in [3.63, 3.8) is 0 Å². The summed E-state index contributed by atoms with van der Waals surface area (Å²) in [7, 11) is 3.64. The van der Waals surface area contributed by atoms with E-state index in [-0.39, 0.29) is 4.84 Å². The summed E-state index contributed by atoms with van der Waals surface area (Å²) < 4.78 is 0. The highest BCUT2D eigenvalue weighted by Gasteiger charge is 2.21. The quantitative estimate of drug-likeness (QED) is 0.514. The first-order chi connectivity index (χ1) is 5.45. The lowest BCUT2D eigenvalue weighted by atomic mass is 10.1. The van der Waals surface area contributed by atoms with Crippen molar-refractivity contribution in [1.29, 1.82) is 0 Å². The van der Waals surface area contributed by atoms with Crippen molar-refractivity contribution < 1.29 is 0 Å². The predicted octanol–water partition coefficient (Wildman–Crippen LogP) is 4.60. The minimum atomic E-state index is -0.263. The summed E-state index contributed by atoms with van der Waals surface area (Å²) >= 11 is 11.7. The summed E-state index contributed by atoms with van der Waals surface area (Å²) in [5.74, 6) is 0.529. The normalized spacial score (nSPS) is 14.8. The summed E-state index contributed by atoms with van der Waals surface area (Å²) in [5, 5.41) is 0.962. The molecular formula is C8H16Cl2S2. The van der Waals surface area contributed by atoms with Crippen LogP contribution in [0.2, 0.25) is 0 Å². The van der Waals surface area contributed by atoms with Gasteiger partial charge in [0.25, 0.3) is 0 Å². The fourth-order valence-electron chi connectivity index (χ4n) is 0.619. The average molecular weight is 247 g/mol. The zero-order valence-electron chi connectivity index (χ0n) is 7.88. The van der Waals surface area contributed by atoms with Gasteiger partial charge in [-0.25, -0.2) is 0 Å². The molecule has 0 bridgehead atoms. The summed E-state index contributed by atoms with van der Waals surface area (Å²) in [5.41, 5.74) is 0. The van der Waals surface area contributed by atoms with E-state index >= 15 is 0 Å². The van der Waals surface area contributed by atoms with E-state index in [4.69, 9.17) is 23.2 Å². The van der Waals surface area contributed by atoms with Crippen LogP contribution in [0.4, 0.5) is 0 Å². The SMILES string of the molecule is CC(C)SSC(C(C)C)C(Cl)Cl. The molecule has 1 unspecified atom stereocenters. The third-order valence-electron chi connectivity index (χ3n) is 1.26. The van der Waals surface area contributed by atoms with Gasteiger partial charge in [-0.3, -0.25) is 0 Å². The lowest BCUT2D eigenvalue weighted by Gasteiger charge is -2.21. The highest BCUT2D eigenvalue weighted by molar-refractivity contribution is 8.77. The zero-order chi connectivity index (χ0) is 9.72. The molecule has 4 heteroatoms. The maximum atomic E-state index is 5.85. The first-order valence-electron chi connectivity index (χ1n) is 4.05. The Labute approximate surface area is 93.5 Å². The molecule has 0 nitrogen and oxygen atoms in total. The lowest BCUT2D eigenvalue weighted by Crippen LogP contribution is -2.18. The Balaban J connectivity index is 3.80. The van der Waals surface area contributed by atoms with Crippen LogP contribution in [0, 0.1) is 5.92 Å². The maximum Gasteiger partial charge on any atom is 0.120 e. The third kappa shape index (κ3) is 5.85. The molecule has 0 spiro atoms. The number of hydrogen-bond acceptors (Lipinski definition) is 2. The van der Waals surface area contributed by atoms with Gasteiger partial charge >= 0.3 is 0 Å². The van der Waals surface area contributed by atoms with Crippen LogP contribution in [0.15, 0.2) is 0 Å². The van der Waals surface area contributed by atoms with Crippen LogP contribution in [0.25, 0.3) is 0 Å². The average Bonchev–Trinajstić information content (AvgIpc) is 1.84. The van der Waals surface area contributed by atoms with E-state index in [0.29, 0.717) is 16.4 Å². The van der Waals surface area contributed by atoms with E-state index in [9.17, 15) is 0 Å². The Bertz CT molecular complexity index is 108. The number of rotatable bonds is 5. The van der Waals surface area contributed by atoms with Gasteiger partial charge in [0.1, 0.15) is 4.84 Å². The van der Waals surface area contributed by atoms with Gasteiger partial charge in [0.2, 0.25) is 0 Å². The van der Waals surface area contributed by atoms with Gasteiger partial charge in [-0.2, -0.15) is 0 Å². The van der Waals surface area contributed by atoms with Crippen LogP contribution in [-0.4, -0.2) is 15.3 Å². The molecule has 0 aromatic carbocycles. The van der Waals surface area contributed by atoms with E-state index in [2.05, 4.69) is 27.7 Å². The maximum absolute atomic E-state index is 5.85. The molecule has 0 aromatic rings. The van der Waals surface area contributed by atoms with Gasteiger partial charge < -0.3 is 0 Å². The topological polar surface area (TPSA) is 0 Å². The molecule has 0 aliphatic heterocycles. The van der Waals surface area contributed by atoms with Crippen LogP contribution >= 0.6 is 44.8 Å². The first-order valence-corrected chi connectivity index (χ1v) is 7.20. The fourth-order valence-corrected chi connectivity index (χ4v) is 4.58. The number of alkyl halides is 2. The zero-order valence-corrected chi connectivity index (χ0v) is 11.0. The van der Waals surface area contributed by atoms with Gasteiger partial charge in [0.15, 0.2) is 0 Å². The number of hydrogen-bond donors (Lipinski definition) is 0. The number of halogens is 2. The van der Waals surface area contributed by atoms with Crippen molar-refractivity contribution in [3.8, 4) is 0 Å². The largest absolute Gasteiger partial charge is 0.120 e. The Hall–Kier alpha value is 1.28. The molecule has 0 N–H and O–H groups in total. The molecule has 0 aromatic heterocycles. The van der Waals surface area contributed by atoms with Crippen molar-refractivity contribution in [2.45, 2.75) is 43.0 Å². The third-order valence-corrected chi connectivity index (χ3v) is 5.80. The van der Waals surface area contributed by atoms with Crippen LogP contribution in [0.5, 0.6) is 0 Å². The van der Waals surface area contributed by atoms with Gasteiger partial charge in [-0.05, 0) is 5.92 Å². The molecule has 0 fully saturated rings. The molecule has 0 amide bonds. The van der Waals surface area contributed by atoms with Crippen LogP contribution < -0.4 is 0 Å². The Morgan fingerprint density at radius 3 is 1.67 bits per heavy atom. The fraction of sp³-hybridized carbons (Fsp3) is 1.00. The summed E-state index contributed by atoms with van der Waals surface area (Å²) in [4.78, 5) is -0.263. The van der Waals surface area contributed by atoms with E-state index in [1.54, 1.807) is 10.8 Å². The van der Waals surface area contributed by atoms with Crippen molar-refractivity contribution in [2.75, 3.05) is 0 Å². The molecule has 0 radical (unpaired) electrons. The second-order valence-corrected chi connectivity index (χ2v) is 7.47. The summed E-state index contributed by atoms with van der Waals surface area (Å²) in [6.45, 7) is 8.64. The monoisotopic (exact) mass is 246 g/mol. The van der Waals surface area contributed by atoms with Gasteiger partial charge in [0, 0.05) is 10.5 Å². The van der Waals surface area contributed by atoms with Crippen LogP contribution in [0.3, 0.4) is 0 Å². The lowest BCUT2D eigenvalue weighted by molar-refractivity contribution is 0.634. The Kier molecular flexibility index (Phi) is 7.41. The minimum absolute atomic E-state index is 0.263. The van der Waals surface area contributed by atoms with Crippen LogP contribution in [0.1, 0.15) is 27.7 Å². The second-order valence-electron chi connectivity index (χ2n) is 3.28. The van der Waals surface area contributed by atoms with E-state index in [1.165, 1.54) is 0 Å². The molecule has 1 atom stereocenters. The standard InChI is InChI=1S/C8H16Cl2S2/c1-5(2)7(8(9)10)12-11-6(3)4/h5-8H,1-4H3. The molecule has 74 valence electrons. The van der Waals surface area contributed by atoms with Gasteiger partial charge in [-0.1, -0.05) is 49.3 Å². The van der Waals surface area contributed by atoms with Crippen molar-refractivity contribution in [3.05, 3.63) is 0 Å². The molecule has 0 heterocycles. The molecular weight excluding hydrogens is 231 g/mol. The second kappa shape index (κ2) is 6.69. The molecule has 0 rings (SSSR count). The molecule has 0 saturated carbocycles.